The predicted molar refractivity (Wildman–Crippen MR) is 153 cm³/mol. The molecule has 1 N–H and O–H groups in total. The van der Waals surface area contributed by atoms with Crippen LogP contribution in [0.2, 0.25) is 0 Å². The first-order chi connectivity index (χ1) is 17.1. The van der Waals surface area contributed by atoms with Crippen molar-refractivity contribution >= 4 is 6.09 Å². The molecule has 0 aromatic carbocycles. The number of carbonyl (C=O) groups excluding carboxylic acids is 1. The molecule has 210 valence electrons. The number of hydrogen-bond donors (Lipinski definition) is 1. The van der Waals surface area contributed by atoms with Crippen LogP contribution in [0, 0.1) is 0 Å². The lowest BCUT2D eigenvalue weighted by Gasteiger charge is -2.22. The minimum Gasteiger partial charge on any atom is -0.449 e. The van der Waals surface area contributed by atoms with E-state index in [9.17, 15) is 4.79 Å². The number of amides is 1. The molecule has 1 amide bonds. The maximum absolute atomic E-state index is 12.7. The van der Waals surface area contributed by atoms with Crippen molar-refractivity contribution in [2.45, 2.75) is 136 Å². The summed E-state index contributed by atoms with van der Waals surface area (Å²) < 4.78 is 5.67. The number of nitrogens with zero attached hydrogens (tertiary/aromatic N) is 2. The summed E-state index contributed by atoms with van der Waals surface area (Å²) in [5.74, 6) is 0. The predicted octanol–water partition coefficient (Wildman–Crippen LogP) is 8.03. The average Bonchev–Trinajstić information content (AvgIpc) is 2.84. The lowest BCUT2D eigenvalue weighted by molar-refractivity contribution is 0.0989. The molecule has 0 aromatic heterocycles. The lowest BCUT2D eigenvalue weighted by atomic mass is 10.1. The number of ether oxygens (including phenoxy) is 1. The van der Waals surface area contributed by atoms with Crippen molar-refractivity contribution in [3.8, 4) is 0 Å². The zero-order valence-electron chi connectivity index (χ0n) is 24.4. The summed E-state index contributed by atoms with van der Waals surface area (Å²) in [5.41, 5.74) is 0. The highest BCUT2D eigenvalue weighted by Crippen LogP contribution is 2.11. The monoisotopic (exact) mass is 497 g/mol. The van der Waals surface area contributed by atoms with Crippen molar-refractivity contribution < 1.29 is 9.53 Å². The summed E-state index contributed by atoms with van der Waals surface area (Å²) >= 11 is 0. The Balaban J connectivity index is 3.85. The molecule has 0 spiro atoms. The molecule has 0 fully saturated rings. The molecule has 0 bridgehead atoms. The Hall–Kier alpha value is -0.810. The zero-order chi connectivity index (χ0) is 25.8. The van der Waals surface area contributed by atoms with Gasteiger partial charge in [0.15, 0.2) is 0 Å². The van der Waals surface area contributed by atoms with Crippen LogP contribution in [0.3, 0.4) is 0 Å². The van der Waals surface area contributed by atoms with Crippen molar-refractivity contribution in [2.24, 2.45) is 0 Å². The molecule has 5 heteroatoms. The van der Waals surface area contributed by atoms with Gasteiger partial charge in [-0.2, -0.15) is 0 Å². The Morgan fingerprint density at radius 3 is 1.54 bits per heavy atom. The van der Waals surface area contributed by atoms with E-state index in [1.54, 1.807) is 0 Å². The summed E-state index contributed by atoms with van der Waals surface area (Å²) in [5, 5.41) is 3.56. The van der Waals surface area contributed by atoms with Gasteiger partial charge in [-0.05, 0) is 72.3 Å². The Labute approximate surface area is 220 Å². The van der Waals surface area contributed by atoms with Crippen molar-refractivity contribution in [3.63, 3.8) is 0 Å². The summed E-state index contributed by atoms with van der Waals surface area (Å²) in [6.45, 7) is 10.3. The first-order valence-corrected chi connectivity index (χ1v) is 15.4. The summed E-state index contributed by atoms with van der Waals surface area (Å²) in [7, 11) is 4.27. The van der Waals surface area contributed by atoms with Gasteiger partial charge in [-0.3, -0.25) is 0 Å². The summed E-state index contributed by atoms with van der Waals surface area (Å²) in [6, 6.07) is 0. The second-order valence-electron chi connectivity index (χ2n) is 10.7. The molecule has 0 unspecified atom stereocenters. The molecule has 0 atom stereocenters. The van der Waals surface area contributed by atoms with Crippen molar-refractivity contribution in [3.05, 3.63) is 0 Å². The number of carbonyl (C=O) groups is 1. The van der Waals surface area contributed by atoms with E-state index in [-0.39, 0.29) is 6.09 Å². The Morgan fingerprint density at radius 1 is 0.571 bits per heavy atom. The van der Waals surface area contributed by atoms with Crippen LogP contribution in [0.5, 0.6) is 0 Å². The first kappa shape index (κ1) is 34.2. The molecular weight excluding hydrogens is 434 g/mol. The zero-order valence-corrected chi connectivity index (χ0v) is 24.4. The smallest absolute Gasteiger partial charge is 0.409 e. The van der Waals surface area contributed by atoms with E-state index in [4.69, 9.17) is 4.74 Å². The van der Waals surface area contributed by atoms with Crippen LogP contribution in [0.4, 0.5) is 4.79 Å². The first-order valence-electron chi connectivity index (χ1n) is 15.4. The van der Waals surface area contributed by atoms with Gasteiger partial charge in [-0.15, -0.1) is 0 Å². The van der Waals surface area contributed by atoms with Gasteiger partial charge < -0.3 is 19.9 Å². The van der Waals surface area contributed by atoms with Crippen LogP contribution in [0.15, 0.2) is 0 Å². The third-order valence-electron chi connectivity index (χ3n) is 6.75. The highest BCUT2D eigenvalue weighted by atomic mass is 16.6. The Morgan fingerprint density at radius 2 is 1.00 bits per heavy atom. The molecule has 0 saturated carbocycles. The fraction of sp³-hybridized carbons (Fsp3) is 0.967. The molecule has 0 aliphatic heterocycles. The topological polar surface area (TPSA) is 44.8 Å². The van der Waals surface area contributed by atoms with E-state index in [2.05, 4.69) is 38.2 Å². The molecule has 35 heavy (non-hydrogen) atoms. The van der Waals surface area contributed by atoms with Crippen molar-refractivity contribution in [2.75, 3.05) is 53.4 Å². The largest absolute Gasteiger partial charge is 0.449 e. The standard InChI is InChI=1S/C30H63N3O2/c1-5-7-9-11-15-20-27-33(28-21-16-12-10-8-6-2)30(34)35-29-23-17-13-14-18-24-31-25-19-22-26-32(3)4/h31H,5-29H2,1-4H3. The molecule has 0 saturated heterocycles. The number of unbranched alkanes of at least 4 members (excludes halogenated alkanes) is 15. The molecule has 0 rings (SSSR count). The number of nitrogens with one attached hydrogen (secondary N) is 1. The van der Waals surface area contributed by atoms with Gasteiger partial charge in [-0.1, -0.05) is 97.3 Å². The van der Waals surface area contributed by atoms with Crippen LogP contribution in [0.1, 0.15) is 136 Å². The second-order valence-corrected chi connectivity index (χ2v) is 10.7. The van der Waals surface area contributed by atoms with Gasteiger partial charge in [-0.25, -0.2) is 4.79 Å². The Bertz CT molecular complexity index is 416. The molecule has 5 nitrogen and oxygen atoms in total. The Kier molecular flexibility index (Phi) is 27.1. The maximum atomic E-state index is 12.7. The SMILES string of the molecule is CCCCCCCCN(CCCCCCCC)C(=O)OCCCCCCCNCCCCN(C)C. The normalized spacial score (nSPS) is 11.3. The van der Waals surface area contributed by atoms with E-state index in [1.807, 2.05) is 4.90 Å². The number of hydrogen-bond acceptors (Lipinski definition) is 4. The third kappa shape index (κ3) is 26.1. The fourth-order valence-electron chi connectivity index (χ4n) is 4.40. The number of rotatable bonds is 27. The molecule has 0 aliphatic carbocycles. The van der Waals surface area contributed by atoms with Crippen LogP contribution < -0.4 is 5.32 Å². The quantitative estimate of drug-likeness (QED) is 0.117. The van der Waals surface area contributed by atoms with E-state index < -0.39 is 0 Å². The van der Waals surface area contributed by atoms with Gasteiger partial charge in [0.1, 0.15) is 0 Å². The van der Waals surface area contributed by atoms with Gasteiger partial charge in [0.2, 0.25) is 0 Å². The fourth-order valence-corrected chi connectivity index (χ4v) is 4.40. The van der Waals surface area contributed by atoms with E-state index >= 15 is 0 Å². The third-order valence-corrected chi connectivity index (χ3v) is 6.75. The highest BCUT2D eigenvalue weighted by Gasteiger charge is 2.14. The van der Waals surface area contributed by atoms with Gasteiger partial charge in [0.05, 0.1) is 6.61 Å². The van der Waals surface area contributed by atoms with Gasteiger partial charge >= 0.3 is 6.09 Å². The molecule has 0 aliphatic rings. The molecule has 0 aromatic rings. The molecule has 0 radical (unpaired) electrons. The van der Waals surface area contributed by atoms with E-state index in [1.165, 1.54) is 103 Å². The van der Waals surface area contributed by atoms with Crippen LogP contribution in [-0.2, 0) is 4.74 Å². The van der Waals surface area contributed by atoms with Crippen LogP contribution >= 0.6 is 0 Å². The van der Waals surface area contributed by atoms with Crippen LogP contribution in [0.25, 0.3) is 0 Å². The minimum absolute atomic E-state index is 0.0782. The highest BCUT2D eigenvalue weighted by molar-refractivity contribution is 5.67. The van der Waals surface area contributed by atoms with Crippen molar-refractivity contribution in [1.82, 2.24) is 15.1 Å². The van der Waals surface area contributed by atoms with E-state index in [0.29, 0.717) is 6.61 Å². The van der Waals surface area contributed by atoms with Crippen LogP contribution in [-0.4, -0.2) is 69.3 Å². The second kappa shape index (κ2) is 27.8. The summed E-state index contributed by atoms with van der Waals surface area (Å²) in [6.07, 6.45) is 23.5. The maximum Gasteiger partial charge on any atom is 0.409 e. The van der Waals surface area contributed by atoms with Gasteiger partial charge in [0, 0.05) is 13.1 Å². The van der Waals surface area contributed by atoms with Crippen molar-refractivity contribution in [1.29, 1.82) is 0 Å². The average molecular weight is 498 g/mol. The summed E-state index contributed by atoms with van der Waals surface area (Å²) in [4.78, 5) is 16.9. The lowest BCUT2D eigenvalue weighted by Crippen LogP contribution is -2.33. The molecular formula is C30H63N3O2. The molecule has 0 heterocycles. The van der Waals surface area contributed by atoms with Gasteiger partial charge in [0.25, 0.3) is 0 Å². The minimum atomic E-state index is -0.0782. The van der Waals surface area contributed by atoms with E-state index in [0.717, 1.165) is 51.9 Å².